The second-order valence-electron chi connectivity index (χ2n) is 7.54. The van der Waals surface area contributed by atoms with Crippen molar-refractivity contribution < 1.29 is 14.2 Å². The summed E-state index contributed by atoms with van der Waals surface area (Å²) in [6, 6.07) is 7.11. The molecule has 0 aromatic heterocycles. The van der Waals surface area contributed by atoms with Crippen LogP contribution in [-0.4, -0.2) is 43.3 Å². The second-order valence-corrected chi connectivity index (χ2v) is 7.54. The van der Waals surface area contributed by atoms with Crippen LogP contribution in [0.5, 0.6) is 11.5 Å². The molecule has 1 unspecified atom stereocenters. The van der Waals surface area contributed by atoms with E-state index in [1.807, 2.05) is 18.3 Å². The lowest BCUT2D eigenvalue weighted by Crippen LogP contribution is -2.37. The summed E-state index contributed by atoms with van der Waals surface area (Å²) in [5.74, 6) is 1.65. The Bertz CT molecular complexity index is 676. The fourth-order valence-corrected chi connectivity index (χ4v) is 3.26. The third kappa shape index (κ3) is 3.75. The first-order valence-corrected chi connectivity index (χ1v) is 8.91. The van der Waals surface area contributed by atoms with E-state index < -0.39 is 0 Å². The normalized spacial score (nSPS) is 22.3. The van der Waals surface area contributed by atoms with Crippen molar-refractivity contribution in [1.29, 1.82) is 0 Å². The molecular weight excluding hydrogens is 316 g/mol. The summed E-state index contributed by atoms with van der Waals surface area (Å²) in [5.41, 5.74) is 1.20. The highest BCUT2D eigenvalue weighted by molar-refractivity contribution is 5.78. The molecule has 2 atom stereocenters. The number of ether oxygens (including phenoxy) is 3. The van der Waals surface area contributed by atoms with Crippen LogP contribution in [0.1, 0.15) is 39.7 Å². The largest absolute Gasteiger partial charge is 0.496 e. The highest BCUT2D eigenvalue weighted by Gasteiger charge is 2.34. The molecular formula is C20H28N2O3. The van der Waals surface area contributed by atoms with E-state index in [4.69, 9.17) is 14.2 Å². The fraction of sp³-hybridized carbons (Fsp3) is 0.550. The summed E-state index contributed by atoms with van der Waals surface area (Å²) in [7, 11) is 1.70. The van der Waals surface area contributed by atoms with Crippen LogP contribution in [0.4, 0.5) is 0 Å². The van der Waals surface area contributed by atoms with Gasteiger partial charge >= 0.3 is 0 Å². The quantitative estimate of drug-likeness (QED) is 0.816. The van der Waals surface area contributed by atoms with Gasteiger partial charge in [-0.05, 0) is 29.5 Å². The van der Waals surface area contributed by atoms with Crippen LogP contribution in [-0.2, 0) is 10.2 Å². The minimum absolute atomic E-state index is 0.0130. The van der Waals surface area contributed by atoms with Gasteiger partial charge in [-0.15, -0.1) is 0 Å². The molecule has 3 rings (SSSR count). The average Bonchev–Trinajstić information content (AvgIpc) is 3.01. The Labute approximate surface area is 150 Å². The van der Waals surface area contributed by atoms with Crippen molar-refractivity contribution in [2.75, 3.05) is 20.3 Å². The Kier molecular flexibility index (Phi) is 4.93. The maximum absolute atomic E-state index is 5.97. The molecule has 136 valence electrons. The van der Waals surface area contributed by atoms with E-state index in [0.717, 1.165) is 24.5 Å². The van der Waals surface area contributed by atoms with Gasteiger partial charge in [0.05, 0.1) is 19.7 Å². The van der Waals surface area contributed by atoms with Gasteiger partial charge in [0.15, 0.2) is 6.10 Å². The molecule has 0 aliphatic carbocycles. The minimum atomic E-state index is -0.0130. The van der Waals surface area contributed by atoms with Crippen molar-refractivity contribution in [2.24, 2.45) is 4.99 Å². The Morgan fingerprint density at radius 2 is 2.12 bits per heavy atom. The number of methoxy groups -OCH3 is 1. The number of rotatable bonds is 5. The summed E-state index contributed by atoms with van der Waals surface area (Å²) in [6.45, 7) is 9.99. The SMILES string of the molecule is CCC1C=CN=C2O[C@H](COc3ccc(C(C)(C)C)c(OC)c3)CN21. The number of nitrogens with zero attached hydrogens (tertiary/aromatic N) is 2. The molecule has 0 N–H and O–H groups in total. The number of hydrogen-bond acceptors (Lipinski definition) is 5. The predicted molar refractivity (Wildman–Crippen MR) is 99.4 cm³/mol. The Balaban J connectivity index is 1.63. The molecule has 2 aliphatic heterocycles. The van der Waals surface area contributed by atoms with Gasteiger partial charge in [-0.25, -0.2) is 4.99 Å². The monoisotopic (exact) mass is 344 g/mol. The molecule has 1 fully saturated rings. The zero-order chi connectivity index (χ0) is 18.0. The van der Waals surface area contributed by atoms with Gasteiger partial charge in [0.2, 0.25) is 0 Å². The van der Waals surface area contributed by atoms with Gasteiger partial charge in [0.1, 0.15) is 18.1 Å². The number of hydrogen-bond donors (Lipinski definition) is 0. The average molecular weight is 344 g/mol. The van der Waals surface area contributed by atoms with Crippen molar-refractivity contribution in [3.05, 3.63) is 36.0 Å². The lowest BCUT2D eigenvalue weighted by Gasteiger charge is -2.25. The second kappa shape index (κ2) is 6.98. The zero-order valence-electron chi connectivity index (χ0n) is 15.8. The highest BCUT2D eigenvalue weighted by atomic mass is 16.6. The first-order valence-electron chi connectivity index (χ1n) is 8.91. The Hall–Kier alpha value is -2.17. The van der Waals surface area contributed by atoms with E-state index in [1.165, 1.54) is 5.56 Å². The number of fused-ring (bicyclic) bond motifs is 1. The third-order valence-corrected chi connectivity index (χ3v) is 4.65. The van der Waals surface area contributed by atoms with Gasteiger partial charge in [-0.2, -0.15) is 0 Å². The van der Waals surface area contributed by atoms with Crippen LogP contribution in [0, 0.1) is 0 Å². The van der Waals surface area contributed by atoms with Crippen LogP contribution in [0.2, 0.25) is 0 Å². The van der Waals surface area contributed by atoms with E-state index in [2.05, 4.69) is 49.7 Å². The van der Waals surface area contributed by atoms with Crippen molar-refractivity contribution in [2.45, 2.75) is 51.7 Å². The third-order valence-electron chi connectivity index (χ3n) is 4.65. The summed E-state index contributed by atoms with van der Waals surface area (Å²) < 4.78 is 17.4. The Morgan fingerprint density at radius 3 is 2.80 bits per heavy atom. The minimum Gasteiger partial charge on any atom is -0.496 e. The lowest BCUT2D eigenvalue weighted by atomic mass is 9.86. The smallest absolute Gasteiger partial charge is 0.293 e. The summed E-state index contributed by atoms with van der Waals surface area (Å²) in [5, 5.41) is 0. The molecule has 1 aromatic rings. The van der Waals surface area contributed by atoms with Crippen LogP contribution < -0.4 is 9.47 Å². The lowest BCUT2D eigenvalue weighted by molar-refractivity contribution is 0.145. The van der Waals surface area contributed by atoms with Gasteiger partial charge < -0.3 is 19.1 Å². The first kappa shape index (κ1) is 17.6. The van der Waals surface area contributed by atoms with Crippen molar-refractivity contribution in [1.82, 2.24) is 4.90 Å². The number of aliphatic imine (C=N–C) groups is 1. The van der Waals surface area contributed by atoms with Gasteiger partial charge in [-0.3, -0.25) is 0 Å². The Morgan fingerprint density at radius 1 is 1.32 bits per heavy atom. The van der Waals surface area contributed by atoms with Crippen LogP contribution >= 0.6 is 0 Å². The predicted octanol–water partition coefficient (Wildman–Crippen LogP) is 3.73. The van der Waals surface area contributed by atoms with E-state index in [9.17, 15) is 0 Å². The summed E-state index contributed by atoms with van der Waals surface area (Å²) in [4.78, 5) is 6.53. The molecule has 1 aromatic carbocycles. The summed E-state index contributed by atoms with van der Waals surface area (Å²) >= 11 is 0. The fourth-order valence-electron chi connectivity index (χ4n) is 3.26. The summed E-state index contributed by atoms with van der Waals surface area (Å²) in [6.07, 6.45) is 4.98. The molecule has 0 spiro atoms. The maximum atomic E-state index is 5.97. The molecule has 0 bridgehead atoms. The van der Waals surface area contributed by atoms with Gasteiger partial charge in [0.25, 0.3) is 6.02 Å². The zero-order valence-corrected chi connectivity index (χ0v) is 15.8. The molecule has 0 saturated carbocycles. The van der Waals surface area contributed by atoms with Crippen LogP contribution in [0.25, 0.3) is 0 Å². The van der Waals surface area contributed by atoms with E-state index in [0.29, 0.717) is 18.7 Å². The molecule has 5 heteroatoms. The van der Waals surface area contributed by atoms with E-state index in [1.54, 1.807) is 7.11 Å². The van der Waals surface area contributed by atoms with Crippen molar-refractivity contribution in [3.63, 3.8) is 0 Å². The molecule has 25 heavy (non-hydrogen) atoms. The number of amidine groups is 1. The van der Waals surface area contributed by atoms with Crippen molar-refractivity contribution in [3.8, 4) is 11.5 Å². The molecule has 5 nitrogen and oxygen atoms in total. The topological polar surface area (TPSA) is 43.3 Å². The number of benzene rings is 1. The molecule has 0 radical (unpaired) electrons. The molecule has 2 heterocycles. The molecule has 0 amide bonds. The van der Waals surface area contributed by atoms with Crippen molar-refractivity contribution >= 4 is 6.02 Å². The van der Waals surface area contributed by atoms with Crippen LogP contribution in [0.3, 0.4) is 0 Å². The molecule has 1 saturated heterocycles. The maximum Gasteiger partial charge on any atom is 0.293 e. The van der Waals surface area contributed by atoms with Crippen LogP contribution in [0.15, 0.2) is 35.5 Å². The standard InChI is InChI=1S/C20H28N2O3/c1-6-14-9-10-21-19-22(14)12-16(25-19)13-24-15-7-8-17(20(2,3)4)18(11-15)23-5/h7-11,14,16H,6,12-13H2,1-5H3/t14?,16-/m0/s1. The highest BCUT2D eigenvalue weighted by Crippen LogP contribution is 2.34. The van der Waals surface area contributed by atoms with Gasteiger partial charge in [-0.1, -0.05) is 33.8 Å². The first-order chi connectivity index (χ1) is 11.9. The van der Waals surface area contributed by atoms with Gasteiger partial charge in [0, 0.05) is 12.3 Å². The molecule has 2 aliphatic rings. The van der Waals surface area contributed by atoms with E-state index in [-0.39, 0.29) is 11.5 Å². The van der Waals surface area contributed by atoms with E-state index >= 15 is 0 Å².